The molecule has 0 saturated heterocycles. The monoisotopic (exact) mass is 257 g/mol. The molecule has 2 N–H and O–H groups in total. The first-order chi connectivity index (χ1) is 9.29. The van der Waals surface area contributed by atoms with Crippen LogP contribution in [-0.4, -0.2) is 13.7 Å². The summed E-state index contributed by atoms with van der Waals surface area (Å²) in [7, 11) is 1.65. The number of hydrogen-bond acceptors (Lipinski definition) is 3. The molecule has 0 saturated carbocycles. The van der Waals surface area contributed by atoms with Gasteiger partial charge in [0.05, 0.1) is 13.7 Å². The number of methoxy groups -OCH3 is 1. The van der Waals surface area contributed by atoms with E-state index in [2.05, 4.69) is 12.1 Å². The van der Waals surface area contributed by atoms with E-state index < -0.39 is 0 Å². The van der Waals surface area contributed by atoms with Gasteiger partial charge in [-0.1, -0.05) is 24.3 Å². The minimum atomic E-state index is 0.671. The highest BCUT2D eigenvalue weighted by molar-refractivity contribution is 5.40. The first-order valence-electron chi connectivity index (χ1n) is 6.40. The molecule has 3 heteroatoms. The van der Waals surface area contributed by atoms with Gasteiger partial charge in [-0.2, -0.15) is 0 Å². The van der Waals surface area contributed by atoms with Crippen LogP contribution in [0.5, 0.6) is 11.5 Å². The van der Waals surface area contributed by atoms with Crippen molar-refractivity contribution in [3.05, 3.63) is 54.1 Å². The summed E-state index contributed by atoms with van der Waals surface area (Å²) in [4.78, 5) is 0. The van der Waals surface area contributed by atoms with Crippen molar-refractivity contribution >= 4 is 5.69 Å². The van der Waals surface area contributed by atoms with E-state index in [4.69, 9.17) is 15.2 Å². The lowest BCUT2D eigenvalue weighted by atomic mass is 10.1. The minimum Gasteiger partial charge on any atom is -0.493 e. The van der Waals surface area contributed by atoms with E-state index in [-0.39, 0.29) is 0 Å². The van der Waals surface area contributed by atoms with E-state index in [1.165, 1.54) is 5.56 Å². The Bertz CT molecular complexity index is 508. The average molecular weight is 257 g/mol. The van der Waals surface area contributed by atoms with Crippen LogP contribution in [0.2, 0.25) is 0 Å². The Hall–Kier alpha value is -2.16. The summed E-state index contributed by atoms with van der Waals surface area (Å²) < 4.78 is 11.0. The van der Waals surface area contributed by atoms with Crippen molar-refractivity contribution in [2.24, 2.45) is 0 Å². The molecule has 0 radical (unpaired) electrons. The van der Waals surface area contributed by atoms with Crippen molar-refractivity contribution in [2.45, 2.75) is 12.8 Å². The molecule has 0 bridgehead atoms. The lowest BCUT2D eigenvalue weighted by Gasteiger charge is -2.10. The fourth-order valence-corrected chi connectivity index (χ4v) is 1.88. The summed E-state index contributed by atoms with van der Waals surface area (Å²) in [5.41, 5.74) is 7.73. The predicted octanol–water partition coefficient (Wildman–Crippen LogP) is 3.29. The number of benzene rings is 2. The van der Waals surface area contributed by atoms with Gasteiger partial charge in [0.15, 0.2) is 11.5 Å². The van der Waals surface area contributed by atoms with Gasteiger partial charge in [-0.05, 0) is 42.7 Å². The average Bonchev–Trinajstić information content (AvgIpc) is 2.46. The van der Waals surface area contributed by atoms with Gasteiger partial charge in [-0.25, -0.2) is 0 Å². The van der Waals surface area contributed by atoms with E-state index in [1.807, 2.05) is 36.4 Å². The number of ether oxygens (including phenoxy) is 2. The molecule has 0 aliphatic heterocycles. The van der Waals surface area contributed by atoms with Gasteiger partial charge in [0.2, 0.25) is 0 Å². The van der Waals surface area contributed by atoms with Crippen molar-refractivity contribution < 1.29 is 9.47 Å². The van der Waals surface area contributed by atoms with Crippen molar-refractivity contribution in [2.75, 3.05) is 19.5 Å². The first-order valence-corrected chi connectivity index (χ1v) is 6.40. The molecule has 0 unspecified atom stereocenters. The van der Waals surface area contributed by atoms with Crippen LogP contribution in [0.3, 0.4) is 0 Å². The Balaban J connectivity index is 1.79. The fourth-order valence-electron chi connectivity index (χ4n) is 1.88. The maximum atomic E-state index is 5.72. The van der Waals surface area contributed by atoms with Crippen molar-refractivity contribution in [3.8, 4) is 11.5 Å². The first kappa shape index (κ1) is 13.3. The maximum Gasteiger partial charge on any atom is 0.161 e. The molecule has 0 fully saturated rings. The molecular weight excluding hydrogens is 238 g/mol. The molecule has 2 aromatic carbocycles. The lowest BCUT2D eigenvalue weighted by molar-refractivity contribution is 0.289. The minimum absolute atomic E-state index is 0.671. The van der Waals surface area contributed by atoms with Crippen molar-refractivity contribution in [3.63, 3.8) is 0 Å². The molecule has 19 heavy (non-hydrogen) atoms. The normalized spacial score (nSPS) is 10.2. The Morgan fingerprint density at radius 1 is 0.947 bits per heavy atom. The Morgan fingerprint density at radius 3 is 2.32 bits per heavy atom. The van der Waals surface area contributed by atoms with E-state index in [9.17, 15) is 0 Å². The Kier molecular flexibility index (Phi) is 4.67. The Morgan fingerprint density at radius 2 is 1.63 bits per heavy atom. The number of anilines is 1. The van der Waals surface area contributed by atoms with Crippen LogP contribution in [-0.2, 0) is 6.42 Å². The van der Waals surface area contributed by atoms with Crippen molar-refractivity contribution in [1.29, 1.82) is 0 Å². The summed E-state index contributed by atoms with van der Waals surface area (Å²) >= 11 is 0. The molecule has 0 spiro atoms. The van der Waals surface area contributed by atoms with Gasteiger partial charge in [0.25, 0.3) is 0 Å². The van der Waals surface area contributed by atoms with E-state index in [0.29, 0.717) is 6.61 Å². The van der Waals surface area contributed by atoms with Gasteiger partial charge < -0.3 is 15.2 Å². The fraction of sp³-hybridized carbons (Fsp3) is 0.250. The van der Waals surface area contributed by atoms with Crippen LogP contribution in [0.1, 0.15) is 12.0 Å². The second-order valence-electron chi connectivity index (χ2n) is 4.34. The third-order valence-corrected chi connectivity index (χ3v) is 2.92. The lowest BCUT2D eigenvalue weighted by Crippen LogP contribution is -2.01. The third kappa shape index (κ3) is 3.91. The molecule has 0 aromatic heterocycles. The Labute approximate surface area is 114 Å². The van der Waals surface area contributed by atoms with Gasteiger partial charge in [0, 0.05) is 5.69 Å². The van der Waals surface area contributed by atoms with Gasteiger partial charge in [-0.15, -0.1) is 0 Å². The topological polar surface area (TPSA) is 44.5 Å². The van der Waals surface area contributed by atoms with Gasteiger partial charge in [0.1, 0.15) is 0 Å². The molecule has 0 atom stereocenters. The zero-order valence-corrected chi connectivity index (χ0v) is 11.1. The predicted molar refractivity (Wildman–Crippen MR) is 77.7 cm³/mol. The molecule has 2 aromatic rings. The molecule has 2 rings (SSSR count). The largest absolute Gasteiger partial charge is 0.493 e. The SMILES string of the molecule is COc1ccccc1OCCCc1ccc(N)cc1. The smallest absolute Gasteiger partial charge is 0.161 e. The molecule has 0 aliphatic rings. The van der Waals surface area contributed by atoms with E-state index in [0.717, 1.165) is 30.0 Å². The number of hydrogen-bond donors (Lipinski definition) is 1. The van der Waals surface area contributed by atoms with Crippen LogP contribution in [0.25, 0.3) is 0 Å². The van der Waals surface area contributed by atoms with Crippen LogP contribution in [0.15, 0.2) is 48.5 Å². The van der Waals surface area contributed by atoms with Crippen LogP contribution >= 0.6 is 0 Å². The number of aryl methyl sites for hydroxylation is 1. The number of para-hydroxylation sites is 2. The summed E-state index contributed by atoms with van der Waals surface area (Å²) in [5.74, 6) is 1.57. The third-order valence-electron chi connectivity index (χ3n) is 2.92. The van der Waals surface area contributed by atoms with Crippen molar-refractivity contribution in [1.82, 2.24) is 0 Å². The standard InChI is InChI=1S/C16H19NO2/c1-18-15-6-2-3-7-16(15)19-12-4-5-13-8-10-14(17)11-9-13/h2-3,6-11H,4-5,12,17H2,1H3. The summed E-state index contributed by atoms with van der Waals surface area (Å²) in [5, 5.41) is 0. The molecule has 0 heterocycles. The molecular formula is C16H19NO2. The molecule has 100 valence electrons. The molecule has 0 amide bonds. The number of nitrogen functional groups attached to an aromatic ring is 1. The quantitative estimate of drug-likeness (QED) is 0.638. The zero-order valence-electron chi connectivity index (χ0n) is 11.1. The van der Waals surface area contributed by atoms with Gasteiger partial charge in [-0.3, -0.25) is 0 Å². The van der Waals surface area contributed by atoms with Gasteiger partial charge >= 0.3 is 0 Å². The molecule has 0 aliphatic carbocycles. The highest BCUT2D eigenvalue weighted by atomic mass is 16.5. The second kappa shape index (κ2) is 6.69. The van der Waals surface area contributed by atoms with E-state index in [1.54, 1.807) is 7.11 Å². The highest BCUT2D eigenvalue weighted by Crippen LogP contribution is 2.25. The summed E-state index contributed by atoms with van der Waals surface area (Å²) in [6.45, 7) is 0.671. The second-order valence-corrected chi connectivity index (χ2v) is 4.34. The summed E-state index contributed by atoms with van der Waals surface area (Å²) in [6.07, 6.45) is 1.94. The maximum absolute atomic E-state index is 5.72. The number of nitrogens with two attached hydrogens (primary N) is 1. The van der Waals surface area contributed by atoms with Crippen LogP contribution in [0.4, 0.5) is 5.69 Å². The summed E-state index contributed by atoms with van der Waals surface area (Å²) in [6, 6.07) is 15.7. The number of rotatable bonds is 6. The highest BCUT2D eigenvalue weighted by Gasteiger charge is 2.02. The zero-order chi connectivity index (χ0) is 13.5. The van der Waals surface area contributed by atoms with Crippen LogP contribution in [0, 0.1) is 0 Å². The van der Waals surface area contributed by atoms with E-state index >= 15 is 0 Å². The van der Waals surface area contributed by atoms with Crippen LogP contribution < -0.4 is 15.2 Å². The molecule has 3 nitrogen and oxygen atoms in total.